The van der Waals surface area contributed by atoms with E-state index in [-0.39, 0.29) is 34.4 Å². The summed E-state index contributed by atoms with van der Waals surface area (Å²) in [5.74, 6) is -0.0378. The topological polar surface area (TPSA) is 102 Å². The Kier molecular flexibility index (Phi) is 8.72. The van der Waals surface area contributed by atoms with Crippen LogP contribution in [0.4, 0.5) is 0 Å². The maximum Gasteiger partial charge on any atom is 0.332 e. The van der Waals surface area contributed by atoms with E-state index in [0.717, 1.165) is 19.3 Å². The molecule has 0 fully saturated rings. The van der Waals surface area contributed by atoms with Gasteiger partial charge in [-0.2, -0.15) is 4.98 Å². The molecule has 0 saturated carbocycles. The molecule has 2 heterocycles. The van der Waals surface area contributed by atoms with Crippen LogP contribution in [0.1, 0.15) is 64.9 Å². The molecule has 34 heavy (non-hydrogen) atoms. The Bertz CT molecular complexity index is 1230. The van der Waals surface area contributed by atoms with Crippen LogP contribution in [0, 0.1) is 0 Å². The van der Waals surface area contributed by atoms with E-state index in [4.69, 9.17) is 11.6 Å². The highest BCUT2D eigenvalue weighted by Gasteiger charge is 2.21. The number of nitrogens with zero attached hydrogens (tertiary/aromatic N) is 3. The highest BCUT2D eigenvalue weighted by Crippen LogP contribution is 2.21. The number of nitrogens with one attached hydrogen (secondary N) is 2. The molecule has 0 aliphatic carbocycles. The van der Waals surface area contributed by atoms with Crippen LogP contribution in [-0.4, -0.2) is 31.6 Å². The Morgan fingerprint density at radius 2 is 1.74 bits per heavy atom. The molecule has 0 unspecified atom stereocenters. The Balaban J connectivity index is 1.59. The highest BCUT2D eigenvalue weighted by atomic mass is 35.5. The van der Waals surface area contributed by atoms with Crippen molar-refractivity contribution in [2.24, 2.45) is 0 Å². The zero-order valence-electron chi connectivity index (χ0n) is 20.2. The number of benzene rings is 1. The number of imidazole rings is 1. The smallest absolute Gasteiger partial charge is 0.332 e. The van der Waals surface area contributed by atoms with Gasteiger partial charge in [0.15, 0.2) is 11.2 Å². The molecule has 184 valence electrons. The zero-order chi connectivity index (χ0) is 24.7. The van der Waals surface area contributed by atoms with Gasteiger partial charge in [-0.05, 0) is 36.4 Å². The minimum atomic E-state index is -0.430. The molecule has 1 amide bonds. The van der Waals surface area contributed by atoms with Gasteiger partial charge in [0.05, 0.1) is 0 Å². The fraction of sp³-hybridized carbons (Fsp3) is 0.520. The number of aromatic amines is 1. The molecular formula is C25H34ClN5O3. The molecule has 0 spiro atoms. The van der Waals surface area contributed by atoms with Crippen molar-refractivity contribution in [3.05, 3.63) is 62.0 Å². The van der Waals surface area contributed by atoms with Gasteiger partial charge in [0, 0.05) is 31.5 Å². The van der Waals surface area contributed by atoms with Crippen molar-refractivity contribution < 1.29 is 4.79 Å². The lowest BCUT2D eigenvalue weighted by atomic mass is 9.84. The third kappa shape index (κ3) is 6.17. The molecule has 3 rings (SSSR count). The normalized spacial score (nSPS) is 11.8. The van der Waals surface area contributed by atoms with E-state index in [1.165, 1.54) is 14.7 Å². The average molecular weight is 488 g/mol. The third-order valence-electron chi connectivity index (χ3n) is 6.14. The first-order chi connectivity index (χ1) is 16.2. The molecular weight excluding hydrogens is 454 g/mol. The Morgan fingerprint density at radius 1 is 1.06 bits per heavy atom. The molecule has 0 radical (unpaired) electrons. The maximum atomic E-state index is 13.0. The van der Waals surface area contributed by atoms with Crippen LogP contribution in [-0.2, 0) is 23.3 Å². The quantitative estimate of drug-likeness (QED) is 0.298. The summed E-state index contributed by atoms with van der Waals surface area (Å²) in [7, 11) is 0. The van der Waals surface area contributed by atoms with Gasteiger partial charge in [-0.25, -0.2) is 4.79 Å². The Labute approximate surface area is 204 Å². The first kappa shape index (κ1) is 25.7. The number of hydrogen-bond donors (Lipinski definition) is 2. The van der Waals surface area contributed by atoms with Crippen molar-refractivity contribution in [3.8, 4) is 0 Å². The highest BCUT2D eigenvalue weighted by molar-refractivity contribution is 6.28. The Hall–Kier alpha value is -2.87. The SMILES string of the molecule is CCCCCn1c(=O)n(CCCCC(=O)NCC(C)(C)c2ccccc2)c(=O)c2[nH]c(Cl)nc21. The van der Waals surface area contributed by atoms with Gasteiger partial charge in [0.1, 0.15) is 0 Å². The van der Waals surface area contributed by atoms with E-state index in [0.29, 0.717) is 38.0 Å². The minimum Gasteiger partial charge on any atom is -0.355 e. The van der Waals surface area contributed by atoms with Crippen LogP contribution < -0.4 is 16.6 Å². The van der Waals surface area contributed by atoms with Crippen LogP contribution in [0.2, 0.25) is 5.28 Å². The summed E-state index contributed by atoms with van der Waals surface area (Å²) in [6.45, 7) is 7.53. The number of carbonyl (C=O) groups excluding carboxylic acids is 1. The summed E-state index contributed by atoms with van der Waals surface area (Å²) in [6.07, 6.45) is 4.25. The first-order valence-corrected chi connectivity index (χ1v) is 12.3. The molecule has 0 aliphatic heterocycles. The zero-order valence-corrected chi connectivity index (χ0v) is 21.0. The number of halogens is 1. The molecule has 0 atom stereocenters. The largest absolute Gasteiger partial charge is 0.355 e. The number of H-pyrrole nitrogens is 1. The van der Waals surface area contributed by atoms with E-state index in [2.05, 4.69) is 48.2 Å². The number of hydrogen-bond acceptors (Lipinski definition) is 4. The lowest BCUT2D eigenvalue weighted by Crippen LogP contribution is -2.40. The van der Waals surface area contributed by atoms with Gasteiger partial charge in [0.2, 0.25) is 11.2 Å². The Morgan fingerprint density at radius 3 is 2.44 bits per heavy atom. The molecule has 0 saturated heterocycles. The van der Waals surface area contributed by atoms with Crippen molar-refractivity contribution in [1.82, 2.24) is 24.4 Å². The molecule has 2 aromatic heterocycles. The van der Waals surface area contributed by atoms with E-state index in [1.54, 1.807) is 0 Å². The summed E-state index contributed by atoms with van der Waals surface area (Å²) < 4.78 is 2.74. The summed E-state index contributed by atoms with van der Waals surface area (Å²) in [5.41, 5.74) is 0.716. The molecule has 2 N–H and O–H groups in total. The molecule has 3 aromatic rings. The number of amides is 1. The second-order valence-electron chi connectivity index (χ2n) is 9.31. The number of unbranched alkanes of at least 4 members (excludes halogenated alkanes) is 3. The number of carbonyl (C=O) groups is 1. The third-order valence-corrected chi connectivity index (χ3v) is 6.31. The molecule has 9 heteroatoms. The molecule has 0 bridgehead atoms. The van der Waals surface area contributed by atoms with Gasteiger partial charge < -0.3 is 10.3 Å². The molecule has 0 aliphatic rings. The fourth-order valence-corrected chi connectivity index (χ4v) is 4.19. The standard InChI is InChI=1S/C25H34ClN5O3/c1-4-5-10-15-30-21-20(28-23(26)29-21)22(33)31(24(30)34)16-11-9-14-19(32)27-17-25(2,3)18-12-7-6-8-13-18/h6-8,12-13H,4-5,9-11,14-17H2,1-3H3,(H,27,32)(H,28,29). The number of fused-ring (bicyclic) bond motifs is 1. The molecule has 1 aromatic carbocycles. The van der Waals surface area contributed by atoms with Gasteiger partial charge in [0.25, 0.3) is 5.56 Å². The number of aryl methyl sites for hydroxylation is 1. The predicted octanol–water partition coefficient (Wildman–Crippen LogP) is 3.99. The summed E-state index contributed by atoms with van der Waals surface area (Å²) in [4.78, 5) is 45.2. The van der Waals surface area contributed by atoms with Crippen molar-refractivity contribution in [3.63, 3.8) is 0 Å². The van der Waals surface area contributed by atoms with E-state index in [9.17, 15) is 14.4 Å². The fourth-order valence-electron chi connectivity index (χ4n) is 4.01. The summed E-state index contributed by atoms with van der Waals surface area (Å²) >= 11 is 5.98. The lowest BCUT2D eigenvalue weighted by Gasteiger charge is -2.25. The van der Waals surface area contributed by atoms with Crippen LogP contribution in [0.15, 0.2) is 39.9 Å². The lowest BCUT2D eigenvalue weighted by molar-refractivity contribution is -0.121. The summed E-state index contributed by atoms with van der Waals surface area (Å²) in [6, 6.07) is 10.1. The van der Waals surface area contributed by atoms with Crippen LogP contribution >= 0.6 is 11.6 Å². The monoisotopic (exact) mass is 487 g/mol. The van der Waals surface area contributed by atoms with Crippen molar-refractivity contribution >= 4 is 28.7 Å². The number of rotatable bonds is 12. The van der Waals surface area contributed by atoms with Gasteiger partial charge in [-0.3, -0.25) is 18.7 Å². The summed E-state index contributed by atoms with van der Waals surface area (Å²) in [5, 5.41) is 3.09. The van der Waals surface area contributed by atoms with Crippen LogP contribution in [0.3, 0.4) is 0 Å². The van der Waals surface area contributed by atoms with Crippen LogP contribution in [0.25, 0.3) is 11.2 Å². The van der Waals surface area contributed by atoms with Gasteiger partial charge in [-0.1, -0.05) is 63.9 Å². The van der Waals surface area contributed by atoms with Crippen LogP contribution in [0.5, 0.6) is 0 Å². The predicted molar refractivity (Wildman–Crippen MR) is 135 cm³/mol. The number of aromatic nitrogens is 4. The van der Waals surface area contributed by atoms with Gasteiger partial charge in [-0.15, -0.1) is 0 Å². The second-order valence-corrected chi connectivity index (χ2v) is 9.67. The average Bonchev–Trinajstić information content (AvgIpc) is 3.21. The van der Waals surface area contributed by atoms with Crippen molar-refractivity contribution in [1.29, 1.82) is 0 Å². The van der Waals surface area contributed by atoms with Crippen molar-refractivity contribution in [2.75, 3.05) is 6.54 Å². The first-order valence-electron chi connectivity index (χ1n) is 12.0. The van der Waals surface area contributed by atoms with E-state index >= 15 is 0 Å². The minimum absolute atomic E-state index is 0.0378. The maximum absolute atomic E-state index is 13.0. The van der Waals surface area contributed by atoms with E-state index < -0.39 is 5.56 Å². The van der Waals surface area contributed by atoms with Crippen molar-refractivity contribution in [2.45, 2.75) is 77.8 Å². The van der Waals surface area contributed by atoms with Gasteiger partial charge >= 0.3 is 5.69 Å². The molecule has 8 nitrogen and oxygen atoms in total. The van der Waals surface area contributed by atoms with E-state index in [1.807, 2.05) is 18.2 Å². The second kappa shape index (κ2) is 11.5.